The van der Waals surface area contributed by atoms with Gasteiger partial charge in [-0.25, -0.2) is 4.98 Å². The lowest BCUT2D eigenvalue weighted by Crippen LogP contribution is -2.38. The van der Waals surface area contributed by atoms with Gasteiger partial charge in [0, 0.05) is 23.7 Å². The molecule has 1 aliphatic rings. The smallest absolute Gasteiger partial charge is 0.109 e. The van der Waals surface area contributed by atoms with Gasteiger partial charge in [-0.05, 0) is 33.2 Å². The summed E-state index contributed by atoms with van der Waals surface area (Å²) in [7, 11) is 0. The lowest BCUT2D eigenvalue weighted by atomic mass is 10.1. The van der Waals surface area contributed by atoms with Crippen molar-refractivity contribution in [3.8, 4) is 0 Å². The second-order valence-corrected chi connectivity index (χ2v) is 6.21. The first-order valence-corrected chi connectivity index (χ1v) is 7.46. The summed E-state index contributed by atoms with van der Waals surface area (Å²) in [6.07, 6.45) is 7.34. The Hall–Kier alpha value is -0.450. The van der Waals surface area contributed by atoms with E-state index in [1.165, 1.54) is 42.1 Å². The number of hydrogen-bond acceptors (Lipinski definition) is 4. The SMILES string of the molecule is Cc1cnc(C(C)NCC2CCCCCN2)s1. The van der Waals surface area contributed by atoms with Crippen molar-refractivity contribution in [2.45, 2.75) is 51.6 Å². The number of aromatic nitrogens is 1. The minimum Gasteiger partial charge on any atom is -0.313 e. The number of rotatable bonds is 4. The van der Waals surface area contributed by atoms with Gasteiger partial charge in [0.15, 0.2) is 0 Å². The van der Waals surface area contributed by atoms with Crippen LogP contribution in [0.5, 0.6) is 0 Å². The molecule has 0 amide bonds. The Morgan fingerprint density at radius 1 is 1.53 bits per heavy atom. The molecule has 0 spiro atoms. The molecule has 0 radical (unpaired) electrons. The van der Waals surface area contributed by atoms with E-state index in [1.54, 1.807) is 11.3 Å². The van der Waals surface area contributed by atoms with E-state index in [4.69, 9.17) is 0 Å². The van der Waals surface area contributed by atoms with Crippen molar-refractivity contribution in [3.63, 3.8) is 0 Å². The molecule has 1 aromatic heterocycles. The highest BCUT2D eigenvalue weighted by Gasteiger charge is 2.14. The molecule has 0 aromatic carbocycles. The average molecular weight is 253 g/mol. The van der Waals surface area contributed by atoms with Gasteiger partial charge < -0.3 is 10.6 Å². The average Bonchev–Trinajstić information content (AvgIpc) is 2.61. The third-order valence-corrected chi connectivity index (χ3v) is 4.44. The molecule has 0 bridgehead atoms. The molecule has 2 atom stereocenters. The van der Waals surface area contributed by atoms with Gasteiger partial charge in [0.25, 0.3) is 0 Å². The molecule has 0 saturated carbocycles. The molecule has 2 heterocycles. The molecule has 96 valence electrons. The van der Waals surface area contributed by atoms with Gasteiger partial charge in [0.05, 0.1) is 6.04 Å². The minimum absolute atomic E-state index is 0.374. The van der Waals surface area contributed by atoms with E-state index < -0.39 is 0 Å². The summed E-state index contributed by atoms with van der Waals surface area (Å²) >= 11 is 1.79. The van der Waals surface area contributed by atoms with Crippen LogP contribution in [-0.2, 0) is 0 Å². The van der Waals surface area contributed by atoms with Crippen LogP contribution in [0, 0.1) is 6.92 Å². The molecule has 2 N–H and O–H groups in total. The summed E-state index contributed by atoms with van der Waals surface area (Å²) < 4.78 is 0. The van der Waals surface area contributed by atoms with Crippen LogP contribution >= 0.6 is 11.3 Å². The zero-order valence-corrected chi connectivity index (χ0v) is 11.6. The Bertz CT molecular complexity index is 329. The molecule has 2 unspecified atom stereocenters. The van der Waals surface area contributed by atoms with Gasteiger partial charge in [0.1, 0.15) is 5.01 Å². The Kier molecular flexibility index (Phi) is 4.95. The van der Waals surface area contributed by atoms with Crippen molar-refractivity contribution in [2.75, 3.05) is 13.1 Å². The molecule has 1 aromatic rings. The van der Waals surface area contributed by atoms with Gasteiger partial charge in [-0.3, -0.25) is 0 Å². The molecule has 4 heteroatoms. The number of aryl methyl sites for hydroxylation is 1. The highest BCUT2D eigenvalue weighted by atomic mass is 32.1. The van der Waals surface area contributed by atoms with Crippen LogP contribution in [0.1, 0.15) is 48.5 Å². The molecule has 17 heavy (non-hydrogen) atoms. The maximum absolute atomic E-state index is 4.43. The molecule has 1 fully saturated rings. The third-order valence-electron chi connectivity index (χ3n) is 3.34. The Morgan fingerprint density at radius 3 is 3.18 bits per heavy atom. The number of hydrogen-bond donors (Lipinski definition) is 2. The third kappa shape index (κ3) is 4.05. The van der Waals surface area contributed by atoms with E-state index in [1.807, 2.05) is 6.20 Å². The van der Waals surface area contributed by atoms with Crippen molar-refractivity contribution >= 4 is 11.3 Å². The summed E-state index contributed by atoms with van der Waals surface area (Å²) in [4.78, 5) is 5.73. The van der Waals surface area contributed by atoms with E-state index in [0.29, 0.717) is 12.1 Å². The molecule has 2 rings (SSSR count). The van der Waals surface area contributed by atoms with Crippen LogP contribution in [-0.4, -0.2) is 24.1 Å². The summed E-state index contributed by atoms with van der Waals surface area (Å²) in [5.74, 6) is 0. The maximum Gasteiger partial charge on any atom is 0.109 e. The van der Waals surface area contributed by atoms with Crippen LogP contribution in [0.25, 0.3) is 0 Å². The predicted octanol–water partition coefficient (Wildman–Crippen LogP) is 2.63. The van der Waals surface area contributed by atoms with Crippen LogP contribution in [0.4, 0.5) is 0 Å². The molecule has 0 aliphatic carbocycles. The number of thiazole rings is 1. The number of nitrogens with one attached hydrogen (secondary N) is 2. The number of nitrogens with zero attached hydrogens (tertiary/aromatic N) is 1. The van der Waals surface area contributed by atoms with E-state index in [-0.39, 0.29) is 0 Å². The molecule has 3 nitrogen and oxygen atoms in total. The fraction of sp³-hybridized carbons (Fsp3) is 0.769. The molecular formula is C13H23N3S. The van der Waals surface area contributed by atoms with E-state index in [9.17, 15) is 0 Å². The van der Waals surface area contributed by atoms with Crippen molar-refractivity contribution < 1.29 is 0 Å². The Morgan fingerprint density at radius 2 is 2.41 bits per heavy atom. The second-order valence-electron chi connectivity index (χ2n) is 4.94. The molecule has 1 saturated heterocycles. The lowest BCUT2D eigenvalue weighted by molar-refractivity contribution is 0.442. The topological polar surface area (TPSA) is 37.0 Å². The molecule has 1 aliphatic heterocycles. The van der Waals surface area contributed by atoms with Crippen molar-refractivity contribution in [2.24, 2.45) is 0 Å². The summed E-state index contributed by atoms with van der Waals surface area (Å²) in [6, 6.07) is 1.01. The van der Waals surface area contributed by atoms with Crippen molar-refractivity contribution in [1.29, 1.82) is 0 Å². The van der Waals surface area contributed by atoms with Gasteiger partial charge in [-0.2, -0.15) is 0 Å². The predicted molar refractivity (Wildman–Crippen MR) is 73.5 cm³/mol. The minimum atomic E-state index is 0.374. The highest BCUT2D eigenvalue weighted by molar-refractivity contribution is 7.11. The zero-order chi connectivity index (χ0) is 12.1. The largest absolute Gasteiger partial charge is 0.313 e. The quantitative estimate of drug-likeness (QED) is 0.866. The van der Waals surface area contributed by atoms with Gasteiger partial charge in [0.2, 0.25) is 0 Å². The summed E-state index contributed by atoms with van der Waals surface area (Å²) in [5.41, 5.74) is 0. The van der Waals surface area contributed by atoms with Crippen LogP contribution in [0.2, 0.25) is 0 Å². The monoisotopic (exact) mass is 253 g/mol. The first kappa shape index (κ1) is 13.0. The first-order chi connectivity index (χ1) is 8.25. The van der Waals surface area contributed by atoms with Crippen LogP contribution in [0.15, 0.2) is 6.20 Å². The van der Waals surface area contributed by atoms with E-state index in [0.717, 1.165) is 6.54 Å². The zero-order valence-electron chi connectivity index (χ0n) is 10.8. The normalized spacial score (nSPS) is 23.3. The van der Waals surface area contributed by atoms with Crippen LogP contribution < -0.4 is 10.6 Å². The fourth-order valence-electron chi connectivity index (χ4n) is 2.25. The van der Waals surface area contributed by atoms with Crippen LogP contribution in [0.3, 0.4) is 0 Å². The van der Waals surface area contributed by atoms with Crippen molar-refractivity contribution in [3.05, 3.63) is 16.1 Å². The first-order valence-electron chi connectivity index (χ1n) is 6.65. The Labute approximate surface area is 108 Å². The Balaban J connectivity index is 1.77. The highest BCUT2D eigenvalue weighted by Crippen LogP contribution is 2.19. The summed E-state index contributed by atoms with van der Waals surface area (Å²) in [6.45, 7) is 6.55. The summed E-state index contributed by atoms with van der Waals surface area (Å²) in [5, 5.41) is 8.41. The van der Waals surface area contributed by atoms with E-state index in [2.05, 4.69) is 29.5 Å². The van der Waals surface area contributed by atoms with E-state index >= 15 is 0 Å². The lowest BCUT2D eigenvalue weighted by Gasteiger charge is -2.19. The van der Waals surface area contributed by atoms with Gasteiger partial charge in [-0.15, -0.1) is 11.3 Å². The maximum atomic E-state index is 4.43. The van der Waals surface area contributed by atoms with Gasteiger partial charge in [-0.1, -0.05) is 12.8 Å². The van der Waals surface area contributed by atoms with Gasteiger partial charge >= 0.3 is 0 Å². The van der Waals surface area contributed by atoms with Crippen molar-refractivity contribution in [1.82, 2.24) is 15.6 Å². The second kappa shape index (κ2) is 6.47. The standard InChI is InChI=1S/C13H23N3S/c1-10-8-16-13(17-10)11(2)15-9-12-6-4-3-5-7-14-12/h8,11-12,14-15H,3-7,9H2,1-2H3. The molecular weight excluding hydrogens is 230 g/mol. The fourth-order valence-corrected chi connectivity index (χ4v) is 3.05.